The molecule has 23 heavy (non-hydrogen) atoms. The predicted molar refractivity (Wildman–Crippen MR) is 86.3 cm³/mol. The van der Waals surface area contributed by atoms with Crippen molar-refractivity contribution in [3.05, 3.63) is 41.7 Å². The molecule has 2 rings (SSSR count). The molecule has 1 heterocycles. The number of phenolic OH excluding ortho intramolecular Hbond substituents is 1. The Bertz CT molecular complexity index is 703. The van der Waals surface area contributed by atoms with Crippen LogP contribution in [0.5, 0.6) is 5.75 Å². The fourth-order valence-electron chi connectivity index (χ4n) is 2.04. The van der Waals surface area contributed by atoms with Gasteiger partial charge in [-0.05, 0) is 25.1 Å². The Labute approximate surface area is 138 Å². The number of rotatable bonds is 5. The van der Waals surface area contributed by atoms with Gasteiger partial charge in [0.1, 0.15) is 11.8 Å². The molecule has 0 bridgehead atoms. The summed E-state index contributed by atoms with van der Waals surface area (Å²) in [6, 6.07) is 5.58. The van der Waals surface area contributed by atoms with Crippen molar-refractivity contribution >= 4 is 29.1 Å². The lowest BCUT2D eigenvalue weighted by Gasteiger charge is -2.21. The summed E-state index contributed by atoms with van der Waals surface area (Å²) in [7, 11) is 1.53. The number of aromatic nitrogens is 2. The van der Waals surface area contributed by atoms with Crippen LogP contribution in [-0.4, -0.2) is 45.2 Å². The molecule has 1 atom stereocenters. The van der Waals surface area contributed by atoms with Gasteiger partial charge in [0, 0.05) is 30.5 Å². The van der Waals surface area contributed by atoms with E-state index < -0.39 is 11.9 Å². The highest BCUT2D eigenvalue weighted by molar-refractivity contribution is 6.30. The van der Waals surface area contributed by atoms with E-state index in [0.29, 0.717) is 5.02 Å². The Hall–Kier alpha value is -2.54. The first-order valence-electron chi connectivity index (χ1n) is 6.91. The topological polar surface area (TPSA) is 87.5 Å². The number of anilines is 1. The van der Waals surface area contributed by atoms with E-state index in [-0.39, 0.29) is 23.9 Å². The van der Waals surface area contributed by atoms with E-state index in [4.69, 9.17) is 11.6 Å². The van der Waals surface area contributed by atoms with Crippen LogP contribution in [-0.2, 0) is 9.59 Å². The van der Waals surface area contributed by atoms with Gasteiger partial charge in [-0.1, -0.05) is 11.6 Å². The molecule has 0 unspecified atom stereocenters. The number of amides is 2. The lowest BCUT2D eigenvalue weighted by molar-refractivity contribution is -0.136. The van der Waals surface area contributed by atoms with Crippen molar-refractivity contribution in [3.8, 4) is 5.75 Å². The van der Waals surface area contributed by atoms with E-state index in [2.05, 4.69) is 10.4 Å². The Morgan fingerprint density at radius 2 is 2.22 bits per heavy atom. The molecule has 0 aliphatic carbocycles. The third-order valence-corrected chi connectivity index (χ3v) is 3.51. The van der Waals surface area contributed by atoms with Gasteiger partial charge in [-0.25, -0.2) is 0 Å². The van der Waals surface area contributed by atoms with E-state index >= 15 is 0 Å². The first-order chi connectivity index (χ1) is 10.9. The van der Waals surface area contributed by atoms with Crippen molar-refractivity contribution in [2.24, 2.45) is 0 Å². The van der Waals surface area contributed by atoms with Crippen molar-refractivity contribution in [3.63, 3.8) is 0 Å². The molecule has 0 spiro atoms. The normalized spacial score (nSPS) is 11.8. The number of carbonyl (C=O) groups is 2. The summed E-state index contributed by atoms with van der Waals surface area (Å²) in [5.41, 5.74) is 0.236. The van der Waals surface area contributed by atoms with Crippen LogP contribution in [0.2, 0.25) is 5.02 Å². The Balaban J connectivity index is 1.95. The third-order valence-electron chi connectivity index (χ3n) is 3.27. The molecule has 0 fully saturated rings. The molecule has 2 N–H and O–H groups in total. The second kappa shape index (κ2) is 7.15. The van der Waals surface area contributed by atoms with E-state index in [9.17, 15) is 14.7 Å². The van der Waals surface area contributed by atoms with Crippen LogP contribution in [0.3, 0.4) is 0 Å². The van der Waals surface area contributed by atoms with E-state index in [1.165, 1.54) is 28.8 Å². The predicted octanol–water partition coefficient (Wildman–Crippen LogP) is 1.90. The zero-order chi connectivity index (χ0) is 17.0. The van der Waals surface area contributed by atoms with E-state index in [0.717, 1.165) is 0 Å². The number of hydrogen-bond donors (Lipinski definition) is 2. The van der Waals surface area contributed by atoms with Gasteiger partial charge in [-0.2, -0.15) is 5.10 Å². The lowest BCUT2D eigenvalue weighted by Crippen LogP contribution is -2.38. The second-order valence-electron chi connectivity index (χ2n) is 5.07. The molecular formula is C15H17ClN4O3. The number of hydrogen-bond acceptors (Lipinski definition) is 4. The number of benzene rings is 1. The quantitative estimate of drug-likeness (QED) is 0.816. The number of nitrogens with zero attached hydrogens (tertiary/aromatic N) is 3. The molecule has 0 saturated carbocycles. The average Bonchev–Trinajstić information content (AvgIpc) is 3.02. The number of nitrogens with one attached hydrogen (secondary N) is 1. The van der Waals surface area contributed by atoms with Crippen molar-refractivity contribution in [1.82, 2.24) is 14.7 Å². The molecule has 0 aliphatic rings. The van der Waals surface area contributed by atoms with Gasteiger partial charge < -0.3 is 15.3 Å². The Kier molecular flexibility index (Phi) is 5.23. The number of aromatic hydroxyl groups is 1. The summed E-state index contributed by atoms with van der Waals surface area (Å²) in [4.78, 5) is 25.6. The molecule has 7 nitrogen and oxygen atoms in total. The highest BCUT2D eigenvalue weighted by Gasteiger charge is 2.21. The number of likely N-dealkylation sites (N-methyl/N-ethyl adjacent to an activating group) is 1. The number of halogens is 1. The fraction of sp³-hybridized carbons (Fsp3) is 0.267. The van der Waals surface area contributed by atoms with Crippen LogP contribution in [0.15, 0.2) is 36.7 Å². The summed E-state index contributed by atoms with van der Waals surface area (Å²) in [6.07, 6.45) is 3.27. The van der Waals surface area contributed by atoms with Gasteiger partial charge in [0.05, 0.1) is 12.2 Å². The van der Waals surface area contributed by atoms with Crippen molar-refractivity contribution < 1.29 is 14.7 Å². The zero-order valence-electron chi connectivity index (χ0n) is 12.7. The molecular weight excluding hydrogens is 320 g/mol. The minimum atomic E-state index is -0.508. The van der Waals surface area contributed by atoms with Crippen LogP contribution in [0.4, 0.5) is 5.69 Å². The van der Waals surface area contributed by atoms with Crippen molar-refractivity contribution in [2.75, 3.05) is 18.9 Å². The molecule has 2 amide bonds. The van der Waals surface area contributed by atoms with Crippen LogP contribution < -0.4 is 5.32 Å². The summed E-state index contributed by atoms with van der Waals surface area (Å²) in [6.45, 7) is 1.56. The molecule has 1 aromatic heterocycles. The van der Waals surface area contributed by atoms with Crippen LogP contribution >= 0.6 is 11.6 Å². The first kappa shape index (κ1) is 16.8. The van der Waals surface area contributed by atoms with Crippen LogP contribution in [0.1, 0.15) is 13.0 Å². The SMILES string of the molecule is C[C@H](C(=O)N(C)CC(=O)Nc1ccc(Cl)cc1O)n1cccn1. The minimum absolute atomic E-state index is 0.135. The maximum atomic E-state index is 12.3. The molecule has 0 aliphatic heterocycles. The molecule has 2 aromatic rings. The van der Waals surface area contributed by atoms with Gasteiger partial charge in [0.15, 0.2) is 0 Å². The van der Waals surface area contributed by atoms with Gasteiger partial charge in [0.25, 0.3) is 0 Å². The first-order valence-corrected chi connectivity index (χ1v) is 7.28. The summed E-state index contributed by atoms with van der Waals surface area (Å²) >= 11 is 5.73. The summed E-state index contributed by atoms with van der Waals surface area (Å²) in [5, 5.41) is 16.6. The Morgan fingerprint density at radius 1 is 1.48 bits per heavy atom. The molecule has 1 aromatic carbocycles. The monoisotopic (exact) mass is 336 g/mol. The molecule has 0 saturated heterocycles. The van der Waals surface area contributed by atoms with Crippen molar-refractivity contribution in [2.45, 2.75) is 13.0 Å². The standard InChI is InChI=1S/C15H17ClN4O3/c1-10(20-7-3-6-17-20)15(23)19(2)9-14(22)18-12-5-4-11(16)8-13(12)21/h3-8,10,21H,9H2,1-2H3,(H,18,22)/t10-/m1/s1. The number of carbonyl (C=O) groups excluding carboxylic acids is 2. The molecule has 122 valence electrons. The zero-order valence-corrected chi connectivity index (χ0v) is 13.5. The summed E-state index contributed by atoms with van der Waals surface area (Å²) < 4.78 is 1.52. The molecule has 0 radical (unpaired) electrons. The van der Waals surface area contributed by atoms with E-state index in [1.807, 2.05) is 0 Å². The van der Waals surface area contributed by atoms with E-state index in [1.54, 1.807) is 31.5 Å². The smallest absolute Gasteiger partial charge is 0.247 e. The third kappa shape index (κ3) is 4.23. The average molecular weight is 337 g/mol. The second-order valence-corrected chi connectivity index (χ2v) is 5.50. The minimum Gasteiger partial charge on any atom is -0.506 e. The number of phenols is 1. The van der Waals surface area contributed by atoms with Gasteiger partial charge in [-0.15, -0.1) is 0 Å². The largest absolute Gasteiger partial charge is 0.506 e. The van der Waals surface area contributed by atoms with Crippen LogP contribution in [0, 0.1) is 0 Å². The highest BCUT2D eigenvalue weighted by atomic mass is 35.5. The van der Waals surface area contributed by atoms with Gasteiger partial charge in [0.2, 0.25) is 11.8 Å². The fourth-order valence-corrected chi connectivity index (χ4v) is 2.20. The van der Waals surface area contributed by atoms with Crippen molar-refractivity contribution in [1.29, 1.82) is 0 Å². The maximum Gasteiger partial charge on any atom is 0.247 e. The maximum absolute atomic E-state index is 12.3. The van der Waals surface area contributed by atoms with Gasteiger partial charge >= 0.3 is 0 Å². The molecule has 8 heteroatoms. The lowest BCUT2D eigenvalue weighted by atomic mass is 10.2. The summed E-state index contributed by atoms with van der Waals surface area (Å²) in [5.74, 6) is -0.806. The van der Waals surface area contributed by atoms with Crippen LogP contribution in [0.25, 0.3) is 0 Å². The Morgan fingerprint density at radius 3 is 2.83 bits per heavy atom. The highest BCUT2D eigenvalue weighted by Crippen LogP contribution is 2.26. The van der Waals surface area contributed by atoms with Gasteiger partial charge in [-0.3, -0.25) is 14.3 Å².